The highest BCUT2D eigenvalue weighted by molar-refractivity contribution is 6.30. The third-order valence-corrected chi connectivity index (χ3v) is 3.69. The summed E-state index contributed by atoms with van der Waals surface area (Å²) < 4.78 is 6.16. The third-order valence-electron chi connectivity index (χ3n) is 3.44. The molecule has 0 radical (unpaired) electrons. The van der Waals surface area contributed by atoms with Gasteiger partial charge in [0, 0.05) is 24.2 Å². The second-order valence-corrected chi connectivity index (χ2v) is 5.91. The molecule has 6 nitrogen and oxygen atoms in total. The molecular formula is C17H20ClN3O3. The van der Waals surface area contributed by atoms with Gasteiger partial charge in [-0.3, -0.25) is 9.59 Å². The third kappa shape index (κ3) is 5.18. The van der Waals surface area contributed by atoms with Gasteiger partial charge in [-0.1, -0.05) is 23.7 Å². The van der Waals surface area contributed by atoms with Gasteiger partial charge in [0.25, 0.3) is 11.5 Å². The van der Waals surface area contributed by atoms with E-state index in [-0.39, 0.29) is 23.2 Å². The van der Waals surface area contributed by atoms with Crippen molar-refractivity contribution in [2.24, 2.45) is 0 Å². The fourth-order valence-corrected chi connectivity index (χ4v) is 2.36. The minimum absolute atomic E-state index is 0.0835. The quantitative estimate of drug-likeness (QED) is 0.828. The lowest BCUT2D eigenvalue weighted by atomic mass is 10.1. The molecule has 0 spiro atoms. The fourth-order valence-electron chi connectivity index (χ4n) is 2.23. The van der Waals surface area contributed by atoms with E-state index in [1.807, 2.05) is 31.2 Å². The minimum atomic E-state index is -0.317. The second kappa shape index (κ2) is 8.61. The Hall–Kier alpha value is -2.18. The fraction of sp³-hybridized carbons (Fsp3) is 0.353. The van der Waals surface area contributed by atoms with Gasteiger partial charge in [-0.2, -0.15) is 5.10 Å². The maximum Gasteiger partial charge on any atom is 0.271 e. The Kier molecular flexibility index (Phi) is 6.52. The highest BCUT2D eigenvalue weighted by atomic mass is 35.5. The Morgan fingerprint density at radius 1 is 1.29 bits per heavy atom. The van der Waals surface area contributed by atoms with Crippen molar-refractivity contribution in [3.63, 3.8) is 0 Å². The van der Waals surface area contributed by atoms with Crippen LogP contribution in [0.1, 0.15) is 23.0 Å². The van der Waals surface area contributed by atoms with Gasteiger partial charge in [-0.15, -0.1) is 0 Å². The van der Waals surface area contributed by atoms with Gasteiger partial charge >= 0.3 is 0 Å². The van der Waals surface area contributed by atoms with Crippen LogP contribution in [-0.2, 0) is 17.7 Å². The summed E-state index contributed by atoms with van der Waals surface area (Å²) in [5.41, 5.74) is 1.01. The number of carbonyl (C=O) groups excluding carboxylic acids is 1. The van der Waals surface area contributed by atoms with E-state index in [1.165, 1.54) is 16.8 Å². The molecule has 24 heavy (non-hydrogen) atoms. The molecule has 0 aliphatic rings. The average Bonchev–Trinajstić information content (AvgIpc) is 2.56. The van der Waals surface area contributed by atoms with E-state index in [0.717, 1.165) is 5.56 Å². The number of ether oxygens (including phenoxy) is 1. The smallest absolute Gasteiger partial charge is 0.271 e. The first-order valence-corrected chi connectivity index (χ1v) is 8.00. The standard InChI is InChI=1S/C17H20ClN3O3/c1-12(11-13-3-5-14(18)6-4-13)19-17(23)15-7-8-16(22)21(20-15)9-10-24-2/h3-8,12H,9-11H2,1-2H3,(H,19,23)/t12-/m0/s1. The van der Waals surface area contributed by atoms with E-state index < -0.39 is 0 Å². The topological polar surface area (TPSA) is 73.2 Å². The first-order chi connectivity index (χ1) is 11.5. The van der Waals surface area contributed by atoms with Gasteiger partial charge in [0.05, 0.1) is 13.2 Å². The summed E-state index contributed by atoms with van der Waals surface area (Å²) in [4.78, 5) is 24.0. The molecule has 1 atom stereocenters. The number of methoxy groups -OCH3 is 1. The first kappa shape index (κ1) is 18.2. The Balaban J connectivity index is 2.00. The minimum Gasteiger partial charge on any atom is -0.383 e. The summed E-state index contributed by atoms with van der Waals surface area (Å²) in [6, 6.07) is 10.2. The number of halogens is 1. The molecule has 0 aliphatic carbocycles. The zero-order chi connectivity index (χ0) is 17.5. The van der Waals surface area contributed by atoms with Crippen LogP contribution in [0.15, 0.2) is 41.2 Å². The molecule has 0 unspecified atom stereocenters. The van der Waals surface area contributed by atoms with Gasteiger partial charge in [-0.05, 0) is 37.1 Å². The molecular weight excluding hydrogens is 330 g/mol. The normalized spacial score (nSPS) is 12.0. The second-order valence-electron chi connectivity index (χ2n) is 5.48. The van der Waals surface area contributed by atoms with Gasteiger partial charge < -0.3 is 10.1 Å². The summed E-state index contributed by atoms with van der Waals surface area (Å²) in [7, 11) is 1.54. The Labute approximate surface area is 145 Å². The lowest BCUT2D eigenvalue weighted by Crippen LogP contribution is -2.36. The molecule has 0 saturated carbocycles. The van der Waals surface area contributed by atoms with Crippen molar-refractivity contribution in [2.45, 2.75) is 25.9 Å². The summed E-state index contributed by atoms with van der Waals surface area (Å²) in [6.45, 7) is 2.56. The van der Waals surface area contributed by atoms with Crippen LogP contribution in [0.5, 0.6) is 0 Å². The van der Waals surface area contributed by atoms with Crippen molar-refractivity contribution < 1.29 is 9.53 Å². The zero-order valence-electron chi connectivity index (χ0n) is 13.7. The maximum absolute atomic E-state index is 12.3. The number of carbonyl (C=O) groups is 1. The van der Waals surface area contributed by atoms with E-state index in [4.69, 9.17) is 16.3 Å². The number of amides is 1. The summed E-state index contributed by atoms with van der Waals surface area (Å²) >= 11 is 5.86. The molecule has 0 bridgehead atoms. The molecule has 128 valence electrons. The molecule has 1 N–H and O–H groups in total. The first-order valence-electron chi connectivity index (χ1n) is 7.62. The van der Waals surface area contributed by atoms with Crippen LogP contribution < -0.4 is 10.9 Å². The van der Waals surface area contributed by atoms with Gasteiger partial charge in [0.2, 0.25) is 0 Å². The molecule has 0 fully saturated rings. The summed E-state index contributed by atoms with van der Waals surface area (Å²) in [5.74, 6) is -0.317. The van der Waals surface area contributed by atoms with Crippen molar-refractivity contribution in [2.75, 3.05) is 13.7 Å². The Morgan fingerprint density at radius 3 is 2.67 bits per heavy atom. The molecule has 7 heteroatoms. The molecule has 2 rings (SSSR count). The predicted octanol–water partition coefficient (Wildman–Crippen LogP) is 1.90. The molecule has 0 saturated heterocycles. The van der Waals surface area contributed by atoms with Crippen molar-refractivity contribution in [3.05, 3.63) is 63.0 Å². The highest BCUT2D eigenvalue weighted by Gasteiger charge is 2.13. The van der Waals surface area contributed by atoms with E-state index in [0.29, 0.717) is 24.6 Å². The zero-order valence-corrected chi connectivity index (χ0v) is 14.4. The van der Waals surface area contributed by atoms with Crippen molar-refractivity contribution >= 4 is 17.5 Å². The number of benzene rings is 1. The van der Waals surface area contributed by atoms with Crippen LogP contribution in [0.3, 0.4) is 0 Å². The SMILES string of the molecule is COCCn1nc(C(=O)N[C@@H](C)Cc2ccc(Cl)cc2)ccc1=O. The van der Waals surface area contributed by atoms with Crippen molar-refractivity contribution in [1.29, 1.82) is 0 Å². The number of hydrogen-bond acceptors (Lipinski definition) is 4. The Morgan fingerprint density at radius 2 is 2.00 bits per heavy atom. The van der Waals surface area contributed by atoms with E-state index >= 15 is 0 Å². The van der Waals surface area contributed by atoms with Gasteiger partial charge in [-0.25, -0.2) is 4.68 Å². The van der Waals surface area contributed by atoms with E-state index in [2.05, 4.69) is 10.4 Å². The van der Waals surface area contributed by atoms with Gasteiger partial charge in [0.1, 0.15) is 5.69 Å². The molecule has 1 amide bonds. The summed E-state index contributed by atoms with van der Waals surface area (Å²) in [5, 5.41) is 7.64. The van der Waals surface area contributed by atoms with Crippen LogP contribution in [-0.4, -0.2) is 35.4 Å². The lowest BCUT2D eigenvalue weighted by molar-refractivity contribution is 0.0931. The van der Waals surface area contributed by atoms with Crippen LogP contribution in [0.4, 0.5) is 0 Å². The predicted molar refractivity (Wildman–Crippen MR) is 92.5 cm³/mol. The van der Waals surface area contributed by atoms with E-state index in [1.54, 1.807) is 7.11 Å². The van der Waals surface area contributed by atoms with Crippen molar-refractivity contribution in [1.82, 2.24) is 15.1 Å². The highest BCUT2D eigenvalue weighted by Crippen LogP contribution is 2.11. The molecule has 1 aromatic heterocycles. The lowest BCUT2D eigenvalue weighted by Gasteiger charge is -2.14. The van der Waals surface area contributed by atoms with Crippen LogP contribution in [0, 0.1) is 0 Å². The molecule has 0 aliphatic heterocycles. The number of nitrogens with zero attached hydrogens (tertiary/aromatic N) is 2. The van der Waals surface area contributed by atoms with Gasteiger partial charge in [0.15, 0.2) is 0 Å². The molecule has 1 heterocycles. The number of rotatable bonds is 7. The van der Waals surface area contributed by atoms with Crippen LogP contribution >= 0.6 is 11.6 Å². The van der Waals surface area contributed by atoms with E-state index in [9.17, 15) is 9.59 Å². The van der Waals surface area contributed by atoms with Crippen LogP contribution in [0.2, 0.25) is 5.02 Å². The monoisotopic (exact) mass is 349 g/mol. The molecule has 2 aromatic rings. The largest absolute Gasteiger partial charge is 0.383 e. The summed E-state index contributed by atoms with van der Waals surface area (Å²) in [6.07, 6.45) is 0.673. The van der Waals surface area contributed by atoms with Crippen molar-refractivity contribution in [3.8, 4) is 0 Å². The average molecular weight is 350 g/mol. The number of aromatic nitrogens is 2. The Bertz CT molecular complexity index is 743. The molecule has 1 aromatic carbocycles. The van der Waals surface area contributed by atoms with Crippen LogP contribution in [0.25, 0.3) is 0 Å². The number of nitrogens with one attached hydrogen (secondary N) is 1. The number of hydrogen-bond donors (Lipinski definition) is 1. The maximum atomic E-state index is 12.3.